The van der Waals surface area contributed by atoms with E-state index in [0.717, 1.165) is 82.9 Å². The topological polar surface area (TPSA) is 0 Å². The average molecular weight is 797 g/mol. The molecular formula is C58H100. The Balaban J connectivity index is 0.000000150. The second kappa shape index (κ2) is 14.2. The van der Waals surface area contributed by atoms with Gasteiger partial charge in [-0.1, -0.05) is 110 Å². The zero-order valence-electron chi connectivity index (χ0n) is 41.6. The van der Waals surface area contributed by atoms with Crippen molar-refractivity contribution in [1.82, 2.24) is 0 Å². The fraction of sp³-hybridized carbons (Fsp3) is 1.00. The van der Waals surface area contributed by atoms with Crippen LogP contribution in [-0.4, -0.2) is 0 Å². The van der Waals surface area contributed by atoms with Crippen molar-refractivity contribution in [2.75, 3.05) is 0 Å². The third kappa shape index (κ3) is 5.86. The normalized spacial score (nSPS) is 56.3. The third-order valence-corrected chi connectivity index (χ3v) is 25.9. The molecule has 58 heavy (non-hydrogen) atoms. The summed E-state index contributed by atoms with van der Waals surface area (Å²) < 4.78 is 0. The molecule has 10 aliphatic carbocycles. The lowest BCUT2D eigenvalue weighted by atomic mass is 9.33. The Morgan fingerprint density at radius 1 is 0.328 bits per heavy atom. The van der Waals surface area contributed by atoms with E-state index in [2.05, 4.69) is 96.9 Å². The van der Waals surface area contributed by atoms with Crippen molar-refractivity contribution in [2.45, 2.75) is 238 Å². The summed E-state index contributed by atoms with van der Waals surface area (Å²) in [6.07, 6.45) is 33.6. The summed E-state index contributed by atoms with van der Waals surface area (Å²) in [6, 6.07) is 0. The van der Waals surface area contributed by atoms with Crippen LogP contribution in [0.5, 0.6) is 0 Å². The first kappa shape index (κ1) is 43.3. The van der Waals surface area contributed by atoms with E-state index in [0.29, 0.717) is 43.3 Å². The Morgan fingerprint density at radius 2 is 0.690 bits per heavy atom. The third-order valence-electron chi connectivity index (χ3n) is 25.9. The molecule has 0 spiro atoms. The van der Waals surface area contributed by atoms with Gasteiger partial charge in [-0.2, -0.15) is 0 Å². The van der Waals surface area contributed by atoms with Gasteiger partial charge in [0.05, 0.1) is 0 Å². The molecule has 0 aromatic rings. The largest absolute Gasteiger partial charge is 0.0625 e. The molecule has 0 heterocycles. The van der Waals surface area contributed by atoms with Crippen molar-refractivity contribution in [2.24, 2.45) is 126 Å². The van der Waals surface area contributed by atoms with Gasteiger partial charge in [-0.15, -0.1) is 0 Å². The number of hydrogen-bond donors (Lipinski definition) is 0. The molecule has 18 atom stereocenters. The van der Waals surface area contributed by atoms with Crippen LogP contribution in [0.3, 0.4) is 0 Å². The minimum Gasteiger partial charge on any atom is -0.0625 e. The molecule has 10 saturated carbocycles. The van der Waals surface area contributed by atoms with Crippen LogP contribution in [0, 0.1) is 126 Å². The summed E-state index contributed by atoms with van der Waals surface area (Å²) in [7, 11) is 0. The molecule has 332 valence electrons. The van der Waals surface area contributed by atoms with Gasteiger partial charge >= 0.3 is 0 Å². The Morgan fingerprint density at radius 3 is 1.05 bits per heavy atom. The molecule has 10 fully saturated rings. The SMILES string of the molecule is CC(C)C1CCC2CCC3(C)C(CCC4C5(C)CCCC(C)(C)C5CCC43C)C21.CC(C)C1CCC2CCC3(C)C(CCC4C5(C)CCCC(C)(C)C5CCC43C)C21. The Labute approximate surface area is 362 Å². The number of hydrogen-bond acceptors (Lipinski definition) is 0. The van der Waals surface area contributed by atoms with Gasteiger partial charge in [-0.05, 0) is 255 Å². The van der Waals surface area contributed by atoms with Crippen molar-refractivity contribution in [3.8, 4) is 0 Å². The molecule has 0 amide bonds. The second-order valence-electron chi connectivity index (χ2n) is 28.7. The van der Waals surface area contributed by atoms with Gasteiger partial charge in [0.25, 0.3) is 0 Å². The highest BCUT2D eigenvalue weighted by atomic mass is 14.7. The van der Waals surface area contributed by atoms with E-state index in [1.165, 1.54) is 77.0 Å². The summed E-state index contributed by atoms with van der Waals surface area (Å²) in [4.78, 5) is 0. The highest BCUT2D eigenvalue weighted by Gasteiger charge is 2.70. The molecule has 0 bridgehead atoms. The van der Waals surface area contributed by atoms with E-state index in [1.807, 2.05) is 0 Å². The van der Waals surface area contributed by atoms with Crippen LogP contribution >= 0.6 is 0 Å². The first-order valence-corrected chi connectivity index (χ1v) is 27.1. The molecule has 0 aromatic carbocycles. The van der Waals surface area contributed by atoms with Crippen molar-refractivity contribution in [3.05, 3.63) is 0 Å². The first-order chi connectivity index (χ1) is 27.1. The summed E-state index contributed by atoms with van der Waals surface area (Å²) in [6.45, 7) is 37.4. The standard InChI is InChI=1S/2C29H50/c2*1-19(2)21-10-9-20-13-17-28(6)22(25(20)21)11-12-24-27(5)16-8-15-26(3,4)23(27)14-18-29(24,28)7/h2*19-25H,8-18H2,1-7H3. The maximum absolute atomic E-state index is 2.81. The van der Waals surface area contributed by atoms with Gasteiger partial charge in [-0.25, -0.2) is 0 Å². The van der Waals surface area contributed by atoms with Gasteiger partial charge < -0.3 is 0 Å². The summed E-state index contributed by atoms with van der Waals surface area (Å²) in [5.74, 6) is 14.0. The summed E-state index contributed by atoms with van der Waals surface area (Å²) in [5.41, 5.74) is 4.72. The van der Waals surface area contributed by atoms with Crippen LogP contribution in [0.25, 0.3) is 0 Å². The zero-order valence-corrected chi connectivity index (χ0v) is 41.6. The Kier molecular flexibility index (Phi) is 10.6. The van der Waals surface area contributed by atoms with E-state index < -0.39 is 0 Å². The molecule has 0 aromatic heterocycles. The Bertz CT molecular complexity index is 1400. The molecule has 0 saturated heterocycles. The predicted octanol–water partition coefficient (Wildman–Crippen LogP) is 17.5. The molecular weight excluding hydrogens is 697 g/mol. The van der Waals surface area contributed by atoms with Gasteiger partial charge in [-0.3, -0.25) is 0 Å². The van der Waals surface area contributed by atoms with Crippen LogP contribution in [0.2, 0.25) is 0 Å². The van der Waals surface area contributed by atoms with Crippen molar-refractivity contribution >= 4 is 0 Å². The van der Waals surface area contributed by atoms with E-state index in [9.17, 15) is 0 Å². The van der Waals surface area contributed by atoms with Crippen LogP contribution in [-0.2, 0) is 0 Å². The smallest absolute Gasteiger partial charge is 0.0235 e. The summed E-state index contributed by atoms with van der Waals surface area (Å²) in [5, 5.41) is 0. The van der Waals surface area contributed by atoms with Gasteiger partial charge in [0.2, 0.25) is 0 Å². The molecule has 0 nitrogen and oxygen atoms in total. The quantitative estimate of drug-likeness (QED) is 0.261. The first-order valence-electron chi connectivity index (χ1n) is 27.1. The van der Waals surface area contributed by atoms with Crippen LogP contribution in [0.1, 0.15) is 238 Å². The molecule has 0 radical (unpaired) electrons. The fourth-order valence-electron chi connectivity index (χ4n) is 23.1. The minimum absolute atomic E-state index is 0.567. The summed E-state index contributed by atoms with van der Waals surface area (Å²) >= 11 is 0. The lowest BCUT2D eigenvalue weighted by molar-refractivity contribution is -0.229. The molecule has 18 unspecified atom stereocenters. The highest BCUT2D eigenvalue weighted by Crippen LogP contribution is 2.78. The molecule has 0 aliphatic heterocycles. The van der Waals surface area contributed by atoms with E-state index >= 15 is 0 Å². The highest BCUT2D eigenvalue weighted by molar-refractivity contribution is 5.19. The maximum Gasteiger partial charge on any atom is -0.0235 e. The average Bonchev–Trinajstić information content (AvgIpc) is 3.77. The maximum atomic E-state index is 2.81. The lowest BCUT2D eigenvalue weighted by Gasteiger charge is -2.72. The Hall–Kier alpha value is 0. The van der Waals surface area contributed by atoms with E-state index in [4.69, 9.17) is 0 Å². The van der Waals surface area contributed by atoms with Crippen LogP contribution in [0.4, 0.5) is 0 Å². The van der Waals surface area contributed by atoms with Crippen LogP contribution < -0.4 is 0 Å². The molecule has 0 heteroatoms. The van der Waals surface area contributed by atoms with Crippen molar-refractivity contribution in [3.63, 3.8) is 0 Å². The van der Waals surface area contributed by atoms with Crippen molar-refractivity contribution < 1.29 is 0 Å². The second-order valence-corrected chi connectivity index (χ2v) is 28.7. The van der Waals surface area contributed by atoms with Gasteiger partial charge in [0, 0.05) is 0 Å². The lowest BCUT2D eigenvalue weighted by Crippen LogP contribution is -2.64. The fourth-order valence-corrected chi connectivity index (χ4v) is 23.1. The van der Waals surface area contributed by atoms with Gasteiger partial charge in [0.1, 0.15) is 0 Å². The molecule has 0 N–H and O–H groups in total. The molecule has 10 aliphatic rings. The van der Waals surface area contributed by atoms with E-state index in [1.54, 1.807) is 64.2 Å². The monoisotopic (exact) mass is 797 g/mol. The minimum atomic E-state index is 0.567. The van der Waals surface area contributed by atoms with E-state index in [-0.39, 0.29) is 0 Å². The number of rotatable bonds is 2. The number of fused-ring (bicyclic) bond motifs is 14. The predicted molar refractivity (Wildman–Crippen MR) is 249 cm³/mol. The zero-order chi connectivity index (χ0) is 41.6. The van der Waals surface area contributed by atoms with Crippen molar-refractivity contribution in [1.29, 1.82) is 0 Å². The molecule has 10 rings (SSSR count). The van der Waals surface area contributed by atoms with Gasteiger partial charge in [0.15, 0.2) is 0 Å². The van der Waals surface area contributed by atoms with Crippen LogP contribution in [0.15, 0.2) is 0 Å².